The first kappa shape index (κ1) is 13.0. The van der Waals surface area contributed by atoms with Gasteiger partial charge in [0.1, 0.15) is 6.04 Å². The van der Waals surface area contributed by atoms with Crippen molar-refractivity contribution in [3.63, 3.8) is 0 Å². The van der Waals surface area contributed by atoms with Crippen molar-refractivity contribution in [1.29, 1.82) is 0 Å². The van der Waals surface area contributed by atoms with Gasteiger partial charge in [-0.25, -0.2) is 4.98 Å². The fraction of sp³-hybridized carbons (Fsp3) is 0.385. The van der Waals surface area contributed by atoms with E-state index in [0.717, 1.165) is 20.8 Å². The molecule has 0 amide bonds. The fourth-order valence-electron chi connectivity index (χ4n) is 1.70. The molecule has 1 heterocycles. The van der Waals surface area contributed by atoms with E-state index in [1.165, 1.54) is 0 Å². The monoisotopic (exact) mass is 264 g/mol. The molecule has 1 aromatic heterocycles. The second-order valence-corrected chi connectivity index (χ2v) is 5.72. The van der Waals surface area contributed by atoms with E-state index in [1.807, 2.05) is 18.2 Å². The van der Waals surface area contributed by atoms with Crippen LogP contribution in [0, 0.1) is 0 Å². The van der Waals surface area contributed by atoms with Crippen LogP contribution in [0.3, 0.4) is 0 Å². The number of rotatable bonds is 4. The topological polar surface area (TPSA) is 76.2 Å². The number of aliphatic carboxylic acids is 1. The van der Waals surface area contributed by atoms with Crippen LogP contribution >= 0.6 is 11.3 Å². The molecule has 96 valence electrons. The van der Waals surface area contributed by atoms with Crippen LogP contribution in [0.1, 0.15) is 30.3 Å². The predicted molar refractivity (Wildman–Crippen MR) is 73.0 cm³/mol. The second kappa shape index (κ2) is 5.04. The summed E-state index contributed by atoms with van der Waals surface area (Å²) >= 11 is 1.66. The third-order valence-electron chi connectivity index (χ3n) is 2.74. The van der Waals surface area contributed by atoms with E-state index in [1.54, 1.807) is 11.3 Å². The number of carboxylic acid groups (broad SMARTS) is 1. The van der Waals surface area contributed by atoms with Gasteiger partial charge in [-0.2, -0.15) is 0 Å². The van der Waals surface area contributed by atoms with E-state index < -0.39 is 12.0 Å². The van der Waals surface area contributed by atoms with Crippen LogP contribution in [-0.2, 0) is 11.2 Å². The first-order chi connectivity index (χ1) is 8.47. The van der Waals surface area contributed by atoms with Gasteiger partial charge in [0.25, 0.3) is 0 Å². The maximum atomic E-state index is 10.7. The largest absolute Gasteiger partial charge is 0.480 e. The summed E-state index contributed by atoms with van der Waals surface area (Å²) in [6.45, 7) is 4.22. The number of benzene rings is 1. The number of thiazole rings is 1. The molecule has 3 N–H and O–H groups in total. The zero-order valence-corrected chi connectivity index (χ0v) is 11.2. The highest BCUT2D eigenvalue weighted by Gasteiger charge is 2.13. The molecule has 1 unspecified atom stereocenters. The van der Waals surface area contributed by atoms with Gasteiger partial charge in [0.2, 0.25) is 0 Å². The number of hydrogen-bond donors (Lipinski definition) is 2. The summed E-state index contributed by atoms with van der Waals surface area (Å²) in [6.07, 6.45) is 0.347. The van der Waals surface area contributed by atoms with Gasteiger partial charge in [0, 0.05) is 5.92 Å². The van der Waals surface area contributed by atoms with Gasteiger partial charge in [0.05, 0.1) is 15.2 Å². The summed E-state index contributed by atoms with van der Waals surface area (Å²) in [6, 6.07) is 4.97. The molecule has 2 rings (SSSR count). The number of hydrogen-bond acceptors (Lipinski definition) is 4. The molecule has 1 atom stereocenters. The Labute approximate surface area is 109 Å². The van der Waals surface area contributed by atoms with Crippen molar-refractivity contribution in [2.45, 2.75) is 32.2 Å². The van der Waals surface area contributed by atoms with E-state index in [-0.39, 0.29) is 0 Å². The van der Waals surface area contributed by atoms with Crippen molar-refractivity contribution in [3.8, 4) is 0 Å². The highest BCUT2D eigenvalue weighted by atomic mass is 32.1. The third kappa shape index (κ3) is 2.68. The van der Waals surface area contributed by atoms with E-state index >= 15 is 0 Å². The lowest BCUT2D eigenvalue weighted by atomic mass is 10.1. The molecule has 18 heavy (non-hydrogen) atoms. The molecule has 0 spiro atoms. The minimum absolute atomic E-state index is 0.347. The van der Waals surface area contributed by atoms with E-state index in [4.69, 9.17) is 10.8 Å². The zero-order chi connectivity index (χ0) is 13.3. The Kier molecular flexibility index (Phi) is 3.63. The smallest absolute Gasteiger partial charge is 0.320 e. The molecule has 0 fully saturated rings. The van der Waals surface area contributed by atoms with Gasteiger partial charge < -0.3 is 10.8 Å². The molecule has 0 aliphatic heterocycles. The van der Waals surface area contributed by atoms with Crippen LogP contribution in [-0.4, -0.2) is 22.1 Å². The summed E-state index contributed by atoms with van der Waals surface area (Å²) in [7, 11) is 0. The second-order valence-electron chi connectivity index (χ2n) is 4.66. The molecule has 2 aromatic rings. The number of carbonyl (C=O) groups is 1. The first-order valence-corrected chi connectivity index (χ1v) is 6.66. The van der Waals surface area contributed by atoms with Crippen molar-refractivity contribution in [1.82, 2.24) is 4.98 Å². The van der Waals surface area contributed by atoms with Gasteiger partial charge >= 0.3 is 5.97 Å². The van der Waals surface area contributed by atoms with E-state index in [0.29, 0.717) is 12.3 Å². The molecule has 5 heteroatoms. The Morgan fingerprint density at radius 2 is 2.22 bits per heavy atom. The molecule has 4 nitrogen and oxygen atoms in total. The maximum absolute atomic E-state index is 10.7. The lowest BCUT2D eigenvalue weighted by molar-refractivity contribution is -0.138. The summed E-state index contributed by atoms with van der Waals surface area (Å²) in [4.78, 5) is 15.3. The molecule has 0 radical (unpaired) electrons. The van der Waals surface area contributed by atoms with Crippen molar-refractivity contribution in [3.05, 3.63) is 28.8 Å². The zero-order valence-electron chi connectivity index (χ0n) is 10.4. The van der Waals surface area contributed by atoms with Crippen LogP contribution in [0.15, 0.2) is 18.2 Å². The van der Waals surface area contributed by atoms with Crippen LogP contribution in [0.25, 0.3) is 10.2 Å². The van der Waals surface area contributed by atoms with E-state index in [9.17, 15) is 4.79 Å². The Balaban J connectivity index is 2.29. The highest BCUT2D eigenvalue weighted by Crippen LogP contribution is 2.28. The van der Waals surface area contributed by atoms with Crippen molar-refractivity contribution < 1.29 is 9.90 Å². The molecule has 0 saturated carbocycles. The number of nitrogens with two attached hydrogens (primary N) is 1. The van der Waals surface area contributed by atoms with Gasteiger partial charge in [-0.3, -0.25) is 4.79 Å². The standard InChI is InChI=1S/C13H16N2O2S/c1-7(2)12-15-10-4-3-8(6-11(10)18-12)5-9(14)13(16)17/h3-4,6-7,9H,5,14H2,1-2H3,(H,16,17). The normalized spacial score (nSPS) is 13.1. The maximum Gasteiger partial charge on any atom is 0.320 e. The van der Waals surface area contributed by atoms with Crippen LogP contribution in [0.5, 0.6) is 0 Å². The molecule has 0 aliphatic rings. The van der Waals surface area contributed by atoms with E-state index in [2.05, 4.69) is 18.8 Å². The quantitative estimate of drug-likeness (QED) is 0.889. The molecular formula is C13H16N2O2S. The number of aromatic nitrogens is 1. The molecule has 0 aliphatic carbocycles. The SMILES string of the molecule is CC(C)c1nc2ccc(CC(N)C(=O)O)cc2s1. The van der Waals surface area contributed by atoms with Crippen LogP contribution in [0.4, 0.5) is 0 Å². The molecular weight excluding hydrogens is 248 g/mol. The molecule has 1 aromatic carbocycles. The third-order valence-corrected chi connectivity index (χ3v) is 4.05. The van der Waals surface area contributed by atoms with Crippen molar-refractivity contribution in [2.75, 3.05) is 0 Å². The highest BCUT2D eigenvalue weighted by molar-refractivity contribution is 7.18. The Morgan fingerprint density at radius 1 is 1.50 bits per heavy atom. The molecule has 0 saturated heterocycles. The average molecular weight is 264 g/mol. The Bertz CT molecular complexity index is 577. The van der Waals surface area contributed by atoms with Crippen molar-refractivity contribution >= 4 is 27.5 Å². The first-order valence-electron chi connectivity index (χ1n) is 5.85. The summed E-state index contributed by atoms with van der Waals surface area (Å²) in [5.74, 6) is -0.561. The van der Waals surface area contributed by atoms with Gasteiger partial charge in [-0.15, -0.1) is 11.3 Å². The van der Waals surface area contributed by atoms with Gasteiger partial charge in [-0.05, 0) is 24.1 Å². The molecule has 0 bridgehead atoms. The van der Waals surface area contributed by atoms with Crippen LogP contribution in [0.2, 0.25) is 0 Å². The summed E-state index contributed by atoms with van der Waals surface area (Å²) in [5.41, 5.74) is 7.44. The predicted octanol–water partition coefficient (Wildman–Crippen LogP) is 2.37. The lowest BCUT2D eigenvalue weighted by Crippen LogP contribution is -2.32. The Morgan fingerprint density at radius 3 is 2.83 bits per heavy atom. The summed E-state index contributed by atoms with van der Waals surface area (Å²) < 4.78 is 1.09. The Hall–Kier alpha value is -1.46. The van der Waals surface area contributed by atoms with Crippen molar-refractivity contribution in [2.24, 2.45) is 5.73 Å². The number of carboxylic acids is 1. The van der Waals surface area contributed by atoms with Crippen LogP contribution < -0.4 is 5.73 Å². The number of nitrogens with zero attached hydrogens (tertiary/aromatic N) is 1. The minimum Gasteiger partial charge on any atom is -0.480 e. The minimum atomic E-state index is -0.970. The number of fused-ring (bicyclic) bond motifs is 1. The average Bonchev–Trinajstić information content (AvgIpc) is 2.71. The fourth-order valence-corrected chi connectivity index (χ4v) is 2.74. The lowest BCUT2D eigenvalue weighted by Gasteiger charge is -2.05. The van der Waals surface area contributed by atoms with Gasteiger partial charge in [-0.1, -0.05) is 19.9 Å². The summed E-state index contributed by atoms with van der Waals surface area (Å²) in [5, 5.41) is 9.90. The van der Waals surface area contributed by atoms with Gasteiger partial charge in [0.15, 0.2) is 0 Å².